The first kappa shape index (κ1) is 27.2. The maximum Gasteiger partial charge on any atom is 0.266 e. The van der Waals surface area contributed by atoms with Crippen LogP contribution < -0.4 is 15.0 Å². The van der Waals surface area contributed by atoms with Gasteiger partial charge in [0.1, 0.15) is 17.3 Å². The molecule has 0 radical (unpaired) electrons. The third-order valence-corrected chi connectivity index (χ3v) is 6.63. The Hall–Kier alpha value is -3.88. The highest BCUT2D eigenvalue weighted by atomic mass is 35.5. The molecule has 1 heterocycles. The van der Waals surface area contributed by atoms with Crippen LogP contribution in [0.3, 0.4) is 0 Å². The predicted molar refractivity (Wildman–Crippen MR) is 148 cm³/mol. The minimum Gasteiger partial charge on any atom is -0.497 e. The van der Waals surface area contributed by atoms with E-state index in [0.717, 1.165) is 0 Å². The van der Waals surface area contributed by atoms with E-state index in [9.17, 15) is 9.59 Å². The monoisotopic (exact) mass is 535 g/mol. The van der Waals surface area contributed by atoms with E-state index in [2.05, 4.69) is 0 Å². The molecule has 4 aromatic rings. The molecule has 0 N–H and O–H groups in total. The zero-order chi connectivity index (χ0) is 27.2. The molecule has 9 heteroatoms. The van der Waals surface area contributed by atoms with Gasteiger partial charge in [0.15, 0.2) is 0 Å². The second-order valence-electron chi connectivity index (χ2n) is 8.69. The topological polar surface area (TPSA) is 82.9 Å². The summed E-state index contributed by atoms with van der Waals surface area (Å²) in [6.07, 6.45) is 0.587. The first-order chi connectivity index (χ1) is 18.4. The molecule has 0 saturated heterocycles. The number of hydrogen-bond donors (Lipinski definition) is 0. The summed E-state index contributed by atoms with van der Waals surface area (Å²) in [7, 11) is 4.68. The maximum absolute atomic E-state index is 14.0. The number of rotatable bonds is 10. The fourth-order valence-corrected chi connectivity index (χ4v) is 4.52. The van der Waals surface area contributed by atoms with E-state index in [0.29, 0.717) is 64.1 Å². The molecule has 38 heavy (non-hydrogen) atoms. The minimum absolute atomic E-state index is 0.230. The van der Waals surface area contributed by atoms with Crippen molar-refractivity contribution in [3.05, 3.63) is 93.5 Å². The highest BCUT2D eigenvalue weighted by Crippen LogP contribution is 2.30. The molecule has 4 rings (SSSR count). The molecule has 0 aliphatic carbocycles. The van der Waals surface area contributed by atoms with Crippen LogP contribution in [0.15, 0.2) is 71.5 Å². The van der Waals surface area contributed by atoms with Crippen molar-refractivity contribution in [2.45, 2.75) is 19.4 Å². The average Bonchev–Trinajstić information content (AvgIpc) is 2.95. The number of carbonyl (C=O) groups excluding carboxylic acids is 1. The van der Waals surface area contributed by atoms with E-state index in [-0.39, 0.29) is 11.5 Å². The fourth-order valence-electron chi connectivity index (χ4n) is 4.39. The van der Waals surface area contributed by atoms with Crippen molar-refractivity contribution in [3.63, 3.8) is 0 Å². The number of halogens is 1. The number of methoxy groups -OCH3 is 3. The van der Waals surface area contributed by atoms with Crippen molar-refractivity contribution >= 4 is 28.4 Å². The number of fused-ring (bicyclic) bond motifs is 1. The van der Waals surface area contributed by atoms with E-state index in [1.807, 2.05) is 13.0 Å². The van der Waals surface area contributed by atoms with Crippen LogP contribution in [0.25, 0.3) is 16.6 Å². The molecule has 0 fully saturated rings. The lowest BCUT2D eigenvalue weighted by molar-refractivity contribution is 0.0654. The number of nitrogens with zero attached hydrogens (tertiary/aromatic N) is 3. The van der Waals surface area contributed by atoms with Gasteiger partial charge in [-0.05, 0) is 61.9 Å². The van der Waals surface area contributed by atoms with Gasteiger partial charge in [0, 0.05) is 31.4 Å². The molecular formula is C29H30ClN3O5. The van der Waals surface area contributed by atoms with Crippen molar-refractivity contribution < 1.29 is 19.0 Å². The number of para-hydroxylation sites is 1. The third kappa shape index (κ3) is 5.51. The van der Waals surface area contributed by atoms with E-state index in [1.54, 1.807) is 84.4 Å². The summed E-state index contributed by atoms with van der Waals surface area (Å²) in [5.74, 6) is 1.12. The molecule has 3 aromatic carbocycles. The summed E-state index contributed by atoms with van der Waals surface area (Å²) in [5.41, 5.74) is 1.30. The van der Waals surface area contributed by atoms with Gasteiger partial charge in [0.2, 0.25) is 0 Å². The van der Waals surface area contributed by atoms with Gasteiger partial charge < -0.3 is 19.1 Å². The van der Waals surface area contributed by atoms with Crippen molar-refractivity contribution in [1.29, 1.82) is 0 Å². The van der Waals surface area contributed by atoms with Crippen LogP contribution in [0, 0.1) is 0 Å². The average molecular weight is 536 g/mol. The smallest absolute Gasteiger partial charge is 0.266 e. The van der Waals surface area contributed by atoms with Crippen LogP contribution in [0.1, 0.15) is 35.6 Å². The minimum atomic E-state index is -0.584. The van der Waals surface area contributed by atoms with Gasteiger partial charge in [-0.2, -0.15) is 0 Å². The summed E-state index contributed by atoms with van der Waals surface area (Å²) in [6.45, 7) is 2.70. The molecule has 1 amide bonds. The molecule has 0 aliphatic rings. The Morgan fingerprint density at radius 2 is 1.76 bits per heavy atom. The van der Waals surface area contributed by atoms with Crippen LogP contribution in [0.4, 0.5) is 0 Å². The molecule has 0 saturated carbocycles. The first-order valence-corrected chi connectivity index (χ1v) is 12.6. The quantitative estimate of drug-likeness (QED) is 0.256. The number of carbonyl (C=O) groups is 1. The molecule has 1 aromatic heterocycles. The van der Waals surface area contributed by atoms with Crippen LogP contribution in [0.2, 0.25) is 5.02 Å². The summed E-state index contributed by atoms with van der Waals surface area (Å²) >= 11 is 6.13. The van der Waals surface area contributed by atoms with Gasteiger partial charge in [-0.3, -0.25) is 14.2 Å². The zero-order valence-electron chi connectivity index (χ0n) is 21.8. The van der Waals surface area contributed by atoms with Gasteiger partial charge in [0.25, 0.3) is 11.5 Å². The molecule has 1 unspecified atom stereocenters. The molecule has 0 bridgehead atoms. The summed E-state index contributed by atoms with van der Waals surface area (Å²) < 4.78 is 17.6. The van der Waals surface area contributed by atoms with Gasteiger partial charge >= 0.3 is 0 Å². The molecule has 198 valence electrons. The van der Waals surface area contributed by atoms with Crippen LogP contribution >= 0.6 is 11.6 Å². The molecule has 0 aliphatic heterocycles. The van der Waals surface area contributed by atoms with E-state index < -0.39 is 6.04 Å². The van der Waals surface area contributed by atoms with Crippen molar-refractivity contribution in [3.8, 4) is 17.2 Å². The van der Waals surface area contributed by atoms with Crippen LogP contribution in [0.5, 0.6) is 11.5 Å². The Bertz CT molecular complexity index is 1490. The number of amides is 1. The largest absolute Gasteiger partial charge is 0.497 e. The normalized spacial score (nSPS) is 11.8. The van der Waals surface area contributed by atoms with E-state index in [1.165, 1.54) is 7.11 Å². The van der Waals surface area contributed by atoms with Crippen molar-refractivity contribution in [2.75, 3.05) is 34.5 Å². The maximum atomic E-state index is 14.0. The van der Waals surface area contributed by atoms with Gasteiger partial charge in [-0.25, -0.2) is 4.98 Å². The Kier molecular flexibility index (Phi) is 8.66. The Labute approximate surface area is 226 Å². The summed E-state index contributed by atoms with van der Waals surface area (Å²) in [6, 6.07) is 18.6. The standard InChI is InChI=1S/C29H30ClN3O5/c1-19(32(16-7-17-36-2)28(34)24-15-14-22(37-3)18-26(24)38-4)27-31-25-9-6-5-8-23(25)29(35)33(27)21-12-10-20(30)11-13-21/h5-6,8-15,18-19H,7,16-17H2,1-4H3. The highest BCUT2D eigenvalue weighted by molar-refractivity contribution is 6.30. The van der Waals surface area contributed by atoms with Crippen LogP contribution in [-0.2, 0) is 4.74 Å². The second kappa shape index (κ2) is 12.1. The molecular weight excluding hydrogens is 506 g/mol. The molecule has 0 spiro atoms. The zero-order valence-corrected chi connectivity index (χ0v) is 22.6. The summed E-state index contributed by atoms with van der Waals surface area (Å²) in [4.78, 5) is 34.3. The third-order valence-electron chi connectivity index (χ3n) is 6.38. The predicted octanol–water partition coefficient (Wildman–Crippen LogP) is 5.30. The van der Waals surface area contributed by atoms with Crippen LogP contribution in [-0.4, -0.2) is 54.8 Å². The lowest BCUT2D eigenvalue weighted by Gasteiger charge is -2.31. The Balaban J connectivity index is 1.88. The van der Waals surface area contributed by atoms with Crippen molar-refractivity contribution in [1.82, 2.24) is 14.5 Å². The van der Waals surface area contributed by atoms with Gasteiger partial charge in [0.05, 0.1) is 42.4 Å². The number of hydrogen-bond acceptors (Lipinski definition) is 6. The van der Waals surface area contributed by atoms with Gasteiger partial charge in [-0.1, -0.05) is 23.7 Å². The lowest BCUT2D eigenvalue weighted by Crippen LogP contribution is -2.38. The second-order valence-corrected chi connectivity index (χ2v) is 9.13. The first-order valence-electron chi connectivity index (χ1n) is 12.2. The SMILES string of the molecule is COCCCN(C(=O)c1ccc(OC)cc1OC)C(C)c1nc2ccccc2c(=O)n1-c1ccc(Cl)cc1. The van der Waals surface area contributed by atoms with E-state index >= 15 is 0 Å². The fraction of sp³-hybridized carbons (Fsp3) is 0.276. The summed E-state index contributed by atoms with van der Waals surface area (Å²) in [5, 5.41) is 1.03. The number of benzene rings is 3. The number of aromatic nitrogens is 2. The van der Waals surface area contributed by atoms with E-state index in [4.69, 9.17) is 30.8 Å². The van der Waals surface area contributed by atoms with Gasteiger partial charge in [-0.15, -0.1) is 0 Å². The molecule has 8 nitrogen and oxygen atoms in total. The highest BCUT2D eigenvalue weighted by Gasteiger charge is 2.29. The molecule has 1 atom stereocenters. The van der Waals surface area contributed by atoms with Crippen molar-refractivity contribution in [2.24, 2.45) is 0 Å². The Morgan fingerprint density at radius 1 is 1.03 bits per heavy atom. The Morgan fingerprint density at radius 3 is 2.45 bits per heavy atom. The lowest BCUT2D eigenvalue weighted by atomic mass is 10.1. The number of ether oxygens (including phenoxy) is 3.